The molecule has 1 aromatic rings. The first kappa shape index (κ1) is 15.3. The Hall–Kier alpha value is -1.14. The number of piperidine rings is 1. The quantitative estimate of drug-likeness (QED) is 0.890. The van der Waals surface area contributed by atoms with Crippen LogP contribution in [-0.4, -0.2) is 52.8 Å². The molecule has 20 heavy (non-hydrogen) atoms. The molecule has 6 nitrogen and oxygen atoms in total. The third-order valence-electron chi connectivity index (χ3n) is 3.69. The number of hydrogen-bond acceptors (Lipinski definition) is 6. The van der Waals surface area contributed by atoms with Crippen molar-refractivity contribution in [3.8, 4) is 0 Å². The monoisotopic (exact) mass is 299 g/mol. The minimum atomic E-state index is 0.207. The Kier molecular flexibility index (Phi) is 5.37. The fraction of sp³-hybridized carbons (Fsp3) is 0.769. The van der Waals surface area contributed by atoms with E-state index < -0.39 is 0 Å². The summed E-state index contributed by atoms with van der Waals surface area (Å²) in [5.41, 5.74) is 0. The number of rotatable bonds is 5. The Morgan fingerprint density at radius 1 is 1.30 bits per heavy atom. The highest BCUT2D eigenvalue weighted by atomic mass is 35.5. The highest BCUT2D eigenvalue weighted by Gasteiger charge is 2.22. The van der Waals surface area contributed by atoms with Crippen molar-refractivity contribution in [2.24, 2.45) is 5.92 Å². The van der Waals surface area contributed by atoms with Crippen LogP contribution >= 0.6 is 11.6 Å². The third-order valence-corrected chi connectivity index (χ3v) is 3.86. The third kappa shape index (κ3) is 3.49. The van der Waals surface area contributed by atoms with Crippen molar-refractivity contribution in [1.29, 1.82) is 0 Å². The summed E-state index contributed by atoms with van der Waals surface area (Å²) in [7, 11) is 0. The molecule has 7 heteroatoms. The first-order valence-electron chi connectivity index (χ1n) is 7.20. The molecule has 1 atom stereocenters. The first-order valence-corrected chi connectivity index (χ1v) is 7.58. The van der Waals surface area contributed by atoms with Crippen molar-refractivity contribution in [2.75, 3.05) is 42.6 Å². The lowest BCUT2D eigenvalue weighted by Gasteiger charge is -2.32. The van der Waals surface area contributed by atoms with E-state index in [1.165, 1.54) is 0 Å². The Labute approximate surface area is 124 Å². The van der Waals surface area contributed by atoms with Crippen molar-refractivity contribution >= 4 is 23.5 Å². The van der Waals surface area contributed by atoms with Crippen LogP contribution < -0.4 is 9.80 Å². The van der Waals surface area contributed by atoms with Gasteiger partial charge in [0.05, 0.1) is 0 Å². The zero-order valence-electron chi connectivity index (χ0n) is 12.1. The molecule has 0 amide bonds. The molecule has 0 saturated carbocycles. The number of aromatic nitrogens is 3. The zero-order chi connectivity index (χ0) is 14.5. The van der Waals surface area contributed by atoms with E-state index in [0.29, 0.717) is 11.9 Å². The molecule has 0 aromatic carbocycles. The molecule has 1 N–H and O–H groups in total. The number of anilines is 2. The predicted molar refractivity (Wildman–Crippen MR) is 80.4 cm³/mol. The van der Waals surface area contributed by atoms with Gasteiger partial charge in [-0.2, -0.15) is 15.0 Å². The van der Waals surface area contributed by atoms with E-state index in [1.54, 1.807) is 0 Å². The largest absolute Gasteiger partial charge is 0.396 e. The second-order valence-corrected chi connectivity index (χ2v) is 5.35. The summed E-state index contributed by atoms with van der Waals surface area (Å²) in [5.74, 6) is 1.53. The minimum absolute atomic E-state index is 0.207. The van der Waals surface area contributed by atoms with Crippen LogP contribution in [0.4, 0.5) is 11.9 Å². The van der Waals surface area contributed by atoms with Crippen LogP contribution in [0.3, 0.4) is 0 Å². The second kappa shape index (κ2) is 7.04. The summed E-state index contributed by atoms with van der Waals surface area (Å²) in [6.07, 6.45) is 2.09. The lowest BCUT2D eigenvalue weighted by Crippen LogP contribution is -2.38. The Balaban J connectivity index is 2.22. The van der Waals surface area contributed by atoms with Crippen LogP contribution in [0.15, 0.2) is 0 Å². The molecule has 0 spiro atoms. The van der Waals surface area contributed by atoms with Gasteiger partial charge in [0, 0.05) is 32.8 Å². The van der Waals surface area contributed by atoms with Crippen LogP contribution in [0.2, 0.25) is 5.28 Å². The second-order valence-electron chi connectivity index (χ2n) is 5.01. The molecule has 0 radical (unpaired) electrons. The van der Waals surface area contributed by atoms with Gasteiger partial charge >= 0.3 is 0 Å². The fourth-order valence-corrected chi connectivity index (χ4v) is 2.67. The average molecular weight is 300 g/mol. The van der Waals surface area contributed by atoms with Gasteiger partial charge in [0.15, 0.2) is 0 Å². The number of hydrogen-bond donors (Lipinski definition) is 1. The summed E-state index contributed by atoms with van der Waals surface area (Å²) in [6.45, 7) is 7.65. The predicted octanol–water partition coefficient (Wildman–Crippen LogP) is 1.58. The SMILES string of the molecule is CCN(CC)c1nc(Cl)nc(N2CCCC(CO)C2)n1. The summed E-state index contributed by atoms with van der Waals surface area (Å²) in [5, 5.41) is 9.54. The van der Waals surface area contributed by atoms with Gasteiger partial charge in [-0.3, -0.25) is 0 Å². The minimum Gasteiger partial charge on any atom is -0.396 e. The van der Waals surface area contributed by atoms with Gasteiger partial charge in [-0.05, 0) is 44.2 Å². The van der Waals surface area contributed by atoms with Crippen LogP contribution in [0.25, 0.3) is 0 Å². The molecule has 1 aliphatic rings. The highest BCUT2D eigenvalue weighted by molar-refractivity contribution is 6.28. The van der Waals surface area contributed by atoms with Crippen molar-refractivity contribution in [1.82, 2.24) is 15.0 Å². The summed E-state index contributed by atoms with van der Waals surface area (Å²) < 4.78 is 0. The van der Waals surface area contributed by atoms with Crippen molar-refractivity contribution < 1.29 is 5.11 Å². The van der Waals surface area contributed by atoms with Gasteiger partial charge in [0.25, 0.3) is 0 Å². The summed E-state index contributed by atoms with van der Waals surface area (Å²) >= 11 is 6.03. The maximum absolute atomic E-state index is 9.32. The molecule has 2 rings (SSSR count). The van der Waals surface area contributed by atoms with Gasteiger partial charge in [-0.1, -0.05) is 0 Å². The Bertz CT molecular complexity index is 441. The Morgan fingerprint density at radius 3 is 2.70 bits per heavy atom. The molecule has 1 aromatic heterocycles. The van der Waals surface area contributed by atoms with Gasteiger partial charge in [-0.15, -0.1) is 0 Å². The van der Waals surface area contributed by atoms with Gasteiger partial charge < -0.3 is 14.9 Å². The molecular weight excluding hydrogens is 278 g/mol. The molecule has 112 valence electrons. The number of nitrogens with zero attached hydrogens (tertiary/aromatic N) is 5. The smallest absolute Gasteiger partial charge is 0.231 e. The normalized spacial score (nSPS) is 19.2. The lowest BCUT2D eigenvalue weighted by atomic mass is 9.99. The van der Waals surface area contributed by atoms with E-state index >= 15 is 0 Å². The maximum Gasteiger partial charge on any atom is 0.231 e. The van der Waals surface area contributed by atoms with Crippen molar-refractivity contribution in [3.63, 3.8) is 0 Å². The van der Waals surface area contributed by atoms with E-state index in [9.17, 15) is 5.11 Å². The van der Waals surface area contributed by atoms with E-state index in [2.05, 4.69) is 33.7 Å². The molecule has 1 fully saturated rings. The fourth-order valence-electron chi connectivity index (χ4n) is 2.51. The van der Waals surface area contributed by atoms with Gasteiger partial charge in [-0.25, -0.2) is 0 Å². The van der Waals surface area contributed by atoms with Crippen LogP contribution in [0, 0.1) is 5.92 Å². The number of aliphatic hydroxyl groups excluding tert-OH is 1. The molecule has 1 saturated heterocycles. The van der Waals surface area contributed by atoms with Crippen molar-refractivity contribution in [2.45, 2.75) is 26.7 Å². The van der Waals surface area contributed by atoms with E-state index in [1.807, 2.05) is 4.90 Å². The maximum atomic E-state index is 9.32. The first-order chi connectivity index (χ1) is 9.67. The average Bonchev–Trinajstić information content (AvgIpc) is 2.48. The van der Waals surface area contributed by atoms with Gasteiger partial charge in [0.1, 0.15) is 0 Å². The molecular formula is C13H22ClN5O. The standard InChI is InChI=1S/C13H22ClN5O/c1-3-18(4-2)12-15-11(14)16-13(17-12)19-7-5-6-10(8-19)9-20/h10,20H,3-9H2,1-2H3. The van der Waals surface area contributed by atoms with Crippen LogP contribution in [0.1, 0.15) is 26.7 Å². The van der Waals surface area contributed by atoms with Crippen molar-refractivity contribution in [3.05, 3.63) is 5.28 Å². The summed E-state index contributed by atoms with van der Waals surface area (Å²) in [6, 6.07) is 0. The molecule has 2 heterocycles. The van der Waals surface area contributed by atoms with Crippen LogP contribution in [-0.2, 0) is 0 Å². The number of aliphatic hydroxyl groups is 1. The molecule has 0 bridgehead atoms. The van der Waals surface area contributed by atoms with Crippen LogP contribution in [0.5, 0.6) is 0 Å². The topological polar surface area (TPSA) is 65.4 Å². The van der Waals surface area contributed by atoms with Gasteiger partial charge in [0.2, 0.25) is 17.2 Å². The van der Waals surface area contributed by atoms with E-state index in [-0.39, 0.29) is 17.8 Å². The molecule has 1 unspecified atom stereocenters. The zero-order valence-corrected chi connectivity index (χ0v) is 12.8. The lowest BCUT2D eigenvalue weighted by molar-refractivity contribution is 0.208. The van der Waals surface area contributed by atoms with E-state index in [4.69, 9.17) is 11.6 Å². The number of halogens is 1. The molecule has 0 aliphatic carbocycles. The molecule has 1 aliphatic heterocycles. The van der Waals surface area contributed by atoms with E-state index in [0.717, 1.165) is 39.0 Å². The summed E-state index contributed by atoms with van der Waals surface area (Å²) in [4.78, 5) is 17.1. The Morgan fingerprint density at radius 2 is 2.05 bits per heavy atom. The highest BCUT2D eigenvalue weighted by Crippen LogP contribution is 2.22.